The summed E-state index contributed by atoms with van der Waals surface area (Å²) in [5.74, 6) is -0.0555. The van der Waals surface area contributed by atoms with Crippen LogP contribution in [0.4, 0.5) is 5.69 Å². The first kappa shape index (κ1) is 20.4. The average molecular weight is 427 g/mol. The number of carbonyl (C=O) groups excluding carboxylic acids is 3. The topological polar surface area (TPSA) is 77.9 Å². The summed E-state index contributed by atoms with van der Waals surface area (Å²) in [6, 6.07) is 11.3. The van der Waals surface area contributed by atoms with Gasteiger partial charge in [-0.05, 0) is 61.7 Å². The van der Waals surface area contributed by atoms with E-state index in [1.165, 1.54) is 12.1 Å². The Balaban J connectivity index is 1.42. The van der Waals surface area contributed by atoms with Crippen LogP contribution in [0.15, 0.2) is 42.5 Å². The zero-order chi connectivity index (χ0) is 21.3. The molecule has 0 saturated carbocycles. The molecule has 0 aromatic heterocycles. The van der Waals surface area contributed by atoms with Crippen LogP contribution < -0.4 is 4.90 Å². The molecule has 0 atom stereocenters. The number of phenols is 1. The van der Waals surface area contributed by atoms with E-state index in [0.29, 0.717) is 60.7 Å². The minimum atomic E-state index is -0.137. The number of nitrogens with zero attached hydrogens (tertiary/aromatic N) is 2. The fraction of sp³-hybridized carbons (Fsp3) is 0.348. The lowest BCUT2D eigenvalue weighted by molar-refractivity contribution is -0.117. The molecule has 6 nitrogen and oxygen atoms in total. The highest BCUT2D eigenvalue weighted by Gasteiger charge is 2.30. The van der Waals surface area contributed by atoms with Crippen LogP contribution in [0.25, 0.3) is 0 Å². The number of anilines is 1. The van der Waals surface area contributed by atoms with Gasteiger partial charge in [0.2, 0.25) is 5.91 Å². The molecule has 2 fully saturated rings. The van der Waals surface area contributed by atoms with Gasteiger partial charge in [-0.25, -0.2) is 0 Å². The lowest BCUT2D eigenvalue weighted by Crippen LogP contribution is -2.40. The Labute approximate surface area is 180 Å². The lowest BCUT2D eigenvalue weighted by Gasteiger charge is -2.31. The summed E-state index contributed by atoms with van der Waals surface area (Å²) >= 11 is 6.28. The Morgan fingerprint density at radius 3 is 2.27 bits per heavy atom. The van der Waals surface area contributed by atoms with Gasteiger partial charge in [-0.3, -0.25) is 14.4 Å². The molecule has 0 spiro atoms. The van der Waals surface area contributed by atoms with Crippen LogP contribution in [0.3, 0.4) is 0 Å². The molecule has 7 heteroatoms. The van der Waals surface area contributed by atoms with Crippen molar-refractivity contribution in [2.45, 2.75) is 25.7 Å². The minimum Gasteiger partial charge on any atom is -0.508 e. The van der Waals surface area contributed by atoms with Crippen molar-refractivity contribution in [1.29, 1.82) is 0 Å². The maximum atomic E-state index is 13.0. The third kappa shape index (κ3) is 4.05. The summed E-state index contributed by atoms with van der Waals surface area (Å²) in [6.45, 7) is 1.60. The fourth-order valence-corrected chi connectivity index (χ4v) is 4.36. The first-order valence-electron chi connectivity index (χ1n) is 10.2. The van der Waals surface area contributed by atoms with Crippen molar-refractivity contribution in [3.05, 3.63) is 58.6 Å². The first-order chi connectivity index (χ1) is 14.4. The van der Waals surface area contributed by atoms with Crippen molar-refractivity contribution in [3.8, 4) is 5.75 Å². The number of piperidine rings is 1. The van der Waals surface area contributed by atoms with E-state index in [9.17, 15) is 19.5 Å². The van der Waals surface area contributed by atoms with E-state index in [-0.39, 0.29) is 29.3 Å². The molecule has 30 heavy (non-hydrogen) atoms. The maximum absolute atomic E-state index is 13.0. The second-order valence-corrected chi connectivity index (χ2v) is 8.20. The van der Waals surface area contributed by atoms with Crippen molar-refractivity contribution in [1.82, 2.24) is 4.90 Å². The maximum Gasteiger partial charge on any atom is 0.253 e. The largest absolute Gasteiger partial charge is 0.508 e. The predicted octanol–water partition coefficient (Wildman–Crippen LogP) is 3.91. The predicted molar refractivity (Wildman–Crippen MR) is 114 cm³/mol. The Bertz CT molecular complexity index is 981. The zero-order valence-corrected chi connectivity index (χ0v) is 17.3. The molecule has 2 aromatic carbocycles. The van der Waals surface area contributed by atoms with Gasteiger partial charge < -0.3 is 14.9 Å². The minimum absolute atomic E-state index is 0.0232. The first-order valence-corrected chi connectivity index (χ1v) is 10.5. The number of carbonyl (C=O) groups is 3. The highest BCUT2D eigenvalue weighted by atomic mass is 35.5. The van der Waals surface area contributed by atoms with Gasteiger partial charge in [0, 0.05) is 43.1 Å². The van der Waals surface area contributed by atoms with Gasteiger partial charge in [-0.1, -0.05) is 11.6 Å². The number of benzene rings is 2. The molecule has 156 valence electrons. The molecule has 2 aliphatic rings. The molecule has 0 unspecified atom stereocenters. The van der Waals surface area contributed by atoms with Crippen LogP contribution in [0, 0.1) is 5.92 Å². The number of phenolic OH excluding ortho intramolecular Hbond substituents is 1. The monoisotopic (exact) mass is 426 g/mol. The van der Waals surface area contributed by atoms with E-state index in [1.807, 2.05) is 0 Å². The smallest absolute Gasteiger partial charge is 0.253 e. The van der Waals surface area contributed by atoms with E-state index in [2.05, 4.69) is 0 Å². The number of hydrogen-bond donors (Lipinski definition) is 1. The Morgan fingerprint density at radius 1 is 0.967 bits per heavy atom. The number of Topliss-reactive ketones (excluding diaryl/α,β-unsaturated/α-hetero) is 1. The Hall–Kier alpha value is -2.86. The molecule has 2 amide bonds. The van der Waals surface area contributed by atoms with Crippen LogP contribution in [0.5, 0.6) is 5.75 Å². The fourth-order valence-electron chi connectivity index (χ4n) is 4.14. The highest BCUT2D eigenvalue weighted by Crippen LogP contribution is 2.31. The van der Waals surface area contributed by atoms with Gasteiger partial charge in [0.25, 0.3) is 5.91 Å². The molecular formula is C23H23ClN2O4. The molecule has 0 radical (unpaired) electrons. The number of likely N-dealkylation sites (tertiary alicyclic amines) is 1. The van der Waals surface area contributed by atoms with Gasteiger partial charge in [0.1, 0.15) is 5.75 Å². The quantitative estimate of drug-likeness (QED) is 0.752. The number of rotatable bonds is 4. The number of halogens is 1. The molecule has 2 aromatic rings. The summed E-state index contributed by atoms with van der Waals surface area (Å²) in [6.07, 6.45) is 2.47. The van der Waals surface area contributed by atoms with Crippen molar-refractivity contribution in [2.24, 2.45) is 5.92 Å². The zero-order valence-electron chi connectivity index (χ0n) is 16.5. The van der Waals surface area contributed by atoms with Gasteiger partial charge in [-0.2, -0.15) is 0 Å². The van der Waals surface area contributed by atoms with Gasteiger partial charge in [0.05, 0.1) is 10.7 Å². The molecule has 2 aliphatic heterocycles. The second-order valence-electron chi connectivity index (χ2n) is 7.79. The molecule has 2 heterocycles. The van der Waals surface area contributed by atoms with Crippen molar-refractivity contribution >= 4 is 34.9 Å². The summed E-state index contributed by atoms with van der Waals surface area (Å²) in [7, 11) is 0. The van der Waals surface area contributed by atoms with E-state index in [4.69, 9.17) is 11.6 Å². The van der Waals surface area contributed by atoms with E-state index in [0.717, 1.165) is 6.42 Å². The van der Waals surface area contributed by atoms with Gasteiger partial charge in [-0.15, -0.1) is 0 Å². The Morgan fingerprint density at radius 2 is 1.63 bits per heavy atom. The van der Waals surface area contributed by atoms with Crippen molar-refractivity contribution in [3.63, 3.8) is 0 Å². The second kappa shape index (κ2) is 8.48. The van der Waals surface area contributed by atoms with Crippen LogP contribution in [-0.4, -0.2) is 47.2 Å². The molecule has 2 saturated heterocycles. The van der Waals surface area contributed by atoms with Crippen molar-refractivity contribution in [2.75, 3.05) is 24.5 Å². The normalized spacial score (nSPS) is 17.4. The summed E-state index contributed by atoms with van der Waals surface area (Å²) in [5, 5.41) is 9.85. The standard InChI is InChI=1S/C23H23ClN2O4/c24-19-8-5-17(14-20(19)26-11-1-2-21(26)28)23(30)25-12-9-16(10-13-25)22(29)15-3-6-18(27)7-4-15/h3-8,14,16,27H,1-2,9-13H2. The molecule has 1 N–H and O–H groups in total. The molecule has 4 rings (SSSR count). The van der Waals surface area contributed by atoms with E-state index < -0.39 is 0 Å². The number of hydrogen-bond acceptors (Lipinski definition) is 4. The Kier molecular flexibility index (Phi) is 5.77. The van der Waals surface area contributed by atoms with Crippen LogP contribution in [-0.2, 0) is 4.79 Å². The molecular weight excluding hydrogens is 404 g/mol. The SMILES string of the molecule is O=C(c1ccc(O)cc1)C1CCN(C(=O)c2ccc(Cl)c(N3CCCC3=O)c2)CC1. The van der Waals surface area contributed by atoms with E-state index in [1.54, 1.807) is 40.1 Å². The lowest BCUT2D eigenvalue weighted by atomic mass is 9.88. The van der Waals surface area contributed by atoms with Gasteiger partial charge >= 0.3 is 0 Å². The van der Waals surface area contributed by atoms with Crippen LogP contribution >= 0.6 is 11.6 Å². The summed E-state index contributed by atoms with van der Waals surface area (Å²) < 4.78 is 0. The summed E-state index contributed by atoms with van der Waals surface area (Å²) in [5.41, 5.74) is 1.66. The number of amides is 2. The molecule has 0 aliphatic carbocycles. The molecule has 0 bridgehead atoms. The van der Waals surface area contributed by atoms with Gasteiger partial charge in [0.15, 0.2) is 5.78 Å². The third-order valence-electron chi connectivity index (χ3n) is 5.86. The van der Waals surface area contributed by atoms with Crippen LogP contribution in [0.1, 0.15) is 46.4 Å². The van der Waals surface area contributed by atoms with E-state index >= 15 is 0 Å². The summed E-state index contributed by atoms with van der Waals surface area (Å²) in [4.78, 5) is 41.2. The van der Waals surface area contributed by atoms with Crippen LogP contribution in [0.2, 0.25) is 5.02 Å². The average Bonchev–Trinajstić information content (AvgIpc) is 3.19. The van der Waals surface area contributed by atoms with Crippen molar-refractivity contribution < 1.29 is 19.5 Å². The third-order valence-corrected chi connectivity index (χ3v) is 6.18. The number of aromatic hydroxyl groups is 1. The number of ketones is 1. The highest BCUT2D eigenvalue weighted by molar-refractivity contribution is 6.34.